The quantitative estimate of drug-likeness (QED) is 0.818. The van der Waals surface area contributed by atoms with E-state index in [0.717, 1.165) is 6.42 Å². The molecule has 26 heavy (non-hydrogen) atoms. The third-order valence-corrected chi connectivity index (χ3v) is 7.74. The number of fused-ring (bicyclic) bond motifs is 1. The molecule has 3 fully saturated rings. The summed E-state index contributed by atoms with van der Waals surface area (Å²) in [5.41, 5.74) is 0.404. The van der Waals surface area contributed by atoms with Gasteiger partial charge in [0.2, 0.25) is 15.9 Å². The maximum Gasteiger partial charge on any atom is 0.239 e. The second-order valence-corrected chi connectivity index (χ2v) is 9.55. The van der Waals surface area contributed by atoms with Crippen molar-refractivity contribution in [1.29, 1.82) is 0 Å². The molecule has 1 aliphatic carbocycles. The van der Waals surface area contributed by atoms with Crippen LogP contribution in [0.1, 0.15) is 37.8 Å². The second kappa shape index (κ2) is 7.28. The van der Waals surface area contributed by atoms with E-state index in [9.17, 15) is 13.2 Å². The van der Waals surface area contributed by atoms with Crippen LogP contribution in [0.5, 0.6) is 0 Å². The Morgan fingerprint density at radius 1 is 1.23 bits per heavy atom. The molecule has 1 aromatic heterocycles. The molecule has 2 saturated heterocycles. The normalized spacial score (nSPS) is 30.3. The van der Waals surface area contributed by atoms with Crippen molar-refractivity contribution < 1.29 is 17.7 Å². The van der Waals surface area contributed by atoms with E-state index in [1.807, 2.05) is 4.90 Å². The maximum absolute atomic E-state index is 12.8. The highest BCUT2D eigenvalue weighted by atomic mass is 32.2. The molecule has 3 atom stereocenters. The van der Waals surface area contributed by atoms with Crippen LogP contribution in [0.4, 0.5) is 0 Å². The van der Waals surface area contributed by atoms with Crippen molar-refractivity contribution >= 4 is 15.9 Å². The lowest BCUT2D eigenvalue weighted by Gasteiger charge is -2.35. The average Bonchev–Trinajstić information content (AvgIpc) is 3.30. The number of carbonyl (C=O) groups excluding carboxylic acids is 1. The van der Waals surface area contributed by atoms with Crippen LogP contribution in [0.25, 0.3) is 0 Å². The molecule has 1 amide bonds. The van der Waals surface area contributed by atoms with E-state index >= 15 is 0 Å². The van der Waals surface area contributed by atoms with Crippen LogP contribution in [0, 0.1) is 5.92 Å². The molecule has 4 rings (SSSR count). The Bertz CT molecular complexity index is 714. The molecule has 3 unspecified atom stereocenters. The van der Waals surface area contributed by atoms with E-state index in [1.54, 1.807) is 6.07 Å². The molecule has 3 heterocycles. The predicted molar refractivity (Wildman–Crippen MR) is 94.6 cm³/mol. The van der Waals surface area contributed by atoms with Gasteiger partial charge in [-0.1, -0.05) is 18.0 Å². The molecule has 0 bridgehead atoms. The smallest absolute Gasteiger partial charge is 0.239 e. The molecular formula is C17H26N4O4S. The number of hydrogen-bond acceptors (Lipinski definition) is 6. The standard InChI is InChI=1S/C17H26N4O4S/c22-17(16-11-13-3-1-2-4-15(13)18-16)20-6-8-21(9-7-20)26(23,24)12-14-5-10-25-19-14/h5,10,13,15-16,18H,1-4,6-9,11-12H2. The zero-order chi connectivity index (χ0) is 18.1. The first-order valence-electron chi connectivity index (χ1n) is 9.45. The zero-order valence-electron chi connectivity index (χ0n) is 14.8. The zero-order valence-corrected chi connectivity index (χ0v) is 15.7. The lowest BCUT2D eigenvalue weighted by Crippen LogP contribution is -2.54. The van der Waals surface area contributed by atoms with Crippen molar-refractivity contribution in [2.45, 2.75) is 49.9 Å². The minimum atomic E-state index is -3.43. The summed E-state index contributed by atoms with van der Waals surface area (Å²) in [4.78, 5) is 14.6. The number of piperazine rings is 1. The molecule has 1 saturated carbocycles. The van der Waals surface area contributed by atoms with Crippen molar-refractivity contribution in [1.82, 2.24) is 19.7 Å². The van der Waals surface area contributed by atoms with Crippen LogP contribution in [0.3, 0.4) is 0 Å². The van der Waals surface area contributed by atoms with Crippen molar-refractivity contribution in [2.24, 2.45) is 5.92 Å². The van der Waals surface area contributed by atoms with Crippen LogP contribution in [0.15, 0.2) is 16.9 Å². The topological polar surface area (TPSA) is 95.8 Å². The fourth-order valence-corrected chi connectivity index (χ4v) is 5.93. The van der Waals surface area contributed by atoms with Gasteiger partial charge in [-0.25, -0.2) is 8.42 Å². The fraction of sp³-hybridized carbons (Fsp3) is 0.765. The van der Waals surface area contributed by atoms with Crippen LogP contribution < -0.4 is 5.32 Å². The fourth-order valence-electron chi connectivity index (χ4n) is 4.51. The number of carbonyl (C=O) groups is 1. The summed E-state index contributed by atoms with van der Waals surface area (Å²) in [7, 11) is -3.43. The average molecular weight is 382 g/mol. The van der Waals surface area contributed by atoms with Crippen LogP contribution >= 0.6 is 0 Å². The highest BCUT2D eigenvalue weighted by Crippen LogP contribution is 2.33. The summed E-state index contributed by atoms with van der Waals surface area (Å²) < 4.78 is 31.1. The maximum atomic E-state index is 12.8. The number of nitrogens with zero attached hydrogens (tertiary/aromatic N) is 3. The van der Waals surface area contributed by atoms with Crippen molar-refractivity contribution in [3.63, 3.8) is 0 Å². The monoisotopic (exact) mass is 382 g/mol. The molecule has 9 heteroatoms. The summed E-state index contributed by atoms with van der Waals surface area (Å²) in [5, 5.41) is 7.19. The number of hydrogen-bond donors (Lipinski definition) is 1. The van der Waals surface area contributed by atoms with Crippen LogP contribution in [-0.2, 0) is 20.6 Å². The van der Waals surface area contributed by atoms with Gasteiger partial charge in [0.15, 0.2) is 0 Å². The summed E-state index contributed by atoms with van der Waals surface area (Å²) in [6.07, 6.45) is 7.20. The largest absolute Gasteiger partial charge is 0.364 e. The molecule has 1 aromatic rings. The Kier molecular flexibility index (Phi) is 5.02. The van der Waals surface area contributed by atoms with Crippen LogP contribution in [-0.4, -0.2) is 66.9 Å². The van der Waals surface area contributed by atoms with Gasteiger partial charge in [-0.2, -0.15) is 4.31 Å². The van der Waals surface area contributed by atoms with Crippen molar-refractivity contribution in [3.05, 3.63) is 18.0 Å². The van der Waals surface area contributed by atoms with Gasteiger partial charge in [0.1, 0.15) is 12.0 Å². The Morgan fingerprint density at radius 2 is 2.00 bits per heavy atom. The first-order chi connectivity index (χ1) is 12.5. The van der Waals surface area contributed by atoms with Gasteiger partial charge in [-0.3, -0.25) is 4.79 Å². The summed E-state index contributed by atoms with van der Waals surface area (Å²) in [6.45, 7) is 1.58. The van der Waals surface area contributed by atoms with E-state index in [2.05, 4.69) is 10.5 Å². The third kappa shape index (κ3) is 3.65. The first-order valence-corrected chi connectivity index (χ1v) is 11.1. The van der Waals surface area contributed by atoms with Gasteiger partial charge in [-0.05, 0) is 25.2 Å². The van der Waals surface area contributed by atoms with E-state index in [-0.39, 0.29) is 17.7 Å². The molecule has 0 radical (unpaired) electrons. The molecule has 1 N–H and O–H groups in total. The van der Waals surface area contributed by atoms with Crippen LogP contribution in [0.2, 0.25) is 0 Å². The SMILES string of the molecule is O=C(C1CC2CCCCC2N1)N1CCN(S(=O)(=O)Cc2ccon2)CC1. The van der Waals surface area contributed by atoms with Gasteiger partial charge in [-0.15, -0.1) is 0 Å². The van der Waals surface area contributed by atoms with E-state index in [1.165, 1.54) is 36.3 Å². The van der Waals surface area contributed by atoms with Gasteiger partial charge < -0.3 is 14.7 Å². The molecule has 8 nitrogen and oxygen atoms in total. The molecule has 0 aromatic carbocycles. The van der Waals surface area contributed by atoms with Gasteiger partial charge in [0, 0.05) is 38.3 Å². The molecule has 3 aliphatic rings. The minimum absolute atomic E-state index is 0.0959. The Balaban J connectivity index is 1.31. The van der Waals surface area contributed by atoms with Crippen molar-refractivity contribution in [3.8, 4) is 0 Å². The second-order valence-electron chi connectivity index (χ2n) is 7.58. The summed E-state index contributed by atoms with van der Waals surface area (Å²) in [6, 6.07) is 1.95. The van der Waals surface area contributed by atoms with Crippen molar-refractivity contribution in [2.75, 3.05) is 26.2 Å². The lowest BCUT2D eigenvalue weighted by molar-refractivity contribution is -0.134. The third-order valence-electron chi connectivity index (χ3n) is 5.93. The Morgan fingerprint density at radius 3 is 2.69 bits per heavy atom. The number of nitrogens with one attached hydrogen (secondary N) is 1. The molecule has 2 aliphatic heterocycles. The predicted octanol–water partition coefficient (Wildman–Crippen LogP) is 0.569. The molecule has 144 valence electrons. The highest BCUT2D eigenvalue weighted by molar-refractivity contribution is 7.88. The summed E-state index contributed by atoms with van der Waals surface area (Å²) >= 11 is 0. The highest BCUT2D eigenvalue weighted by Gasteiger charge is 2.40. The van der Waals surface area contributed by atoms with Gasteiger partial charge in [0.05, 0.1) is 11.7 Å². The number of rotatable bonds is 4. The molecular weight excluding hydrogens is 356 g/mol. The van der Waals surface area contributed by atoms with Gasteiger partial charge in [0.25, 0.3) is 0 Å². The lowest BCUT2D eigenvalue weighted by atomic mass is 9.85. The number of amides is 1. The Labute approximate surface area is 153 Å². The summed E-state index contributed by atoms with van der Waals surface area (Å²) in [5.74, 6) is 0.597. The first kappa shape index (κ1) is 17.9. The number of sulfonamides is 1. The van der Waals surface area contributed by atoms with E-state index < -0.39 is 10.0 Å². The minimum Gasteiger partial charge on any atom is -0.364 e. The van der Waals surface area contributed by atoms with E-state index in [0.29, 0.717) is 43.8 Å². The van der Waals surface area contributed by atoms with Gasteiger partial charge >= 0.3 is 0 Å². The molecule has 0 spiro atoms. The number of aromatic nitrogens is 1. The Hall–Kier alpha value is -1.45. The van der Waals surface area contributed by atoms with E-state index in [4.69, 9.17) is 4.52 Å².